The van der Waals surface area contributed by atoms with Gasteiger partial charge >= 0.3 is 5.97 Å². The molecular weight excluding hydrogens is 184 g/mol. The molecule has 0 amide bonds. The minimum Gasteiger partial charge on any atom is -0.478 e. The molecule has 0 heterocycles. The average Bonchev–Trinajstić information content (AvgIpc) is 1.86. The lowest BCUT2D eigenvalue weighted by atomic mass is 10.7. The van der Waals surface area contributed by atoms with Gasteiger partial charge in [-0.25, -0.2) is 4.79 Å². The molecule has 0 aromatic rings. The number of carboxylic acid groups (broad SMARTS) is 1. The van der Waals surface area contributed by atoms with Crippen LogP contribution in [0.3, 0.4) is 0 Å². The summed E-state index contributed by atoms with van der Waals surface area (Å²) >= 11 is 0. The van der Waals surface area contributed by atoms with E-state index in [1.807, 2.05) is 0 Å². The van der Waals surface area contributed by atoms with Gasteiger partial charge in [-0.3, -0.25) is 4.55 Å². The first-order valence-corrected chi connectivity index (χ1v) is 4.35. The van der Waals surface area contributed by atoms with Gasteiger partial charge in [0, 0.05) is 6.08 Å². The molecule has 0 atom stereocenters. The number of carbonyl (C=O) groups is 1. The molecule has 6 heteroatoms. The number of carboxylic acids is 1. The zero-order valence-corrected chi connectivity index (χ0v) is 7.12. The van der Waals surface area contributed by atoms with Crippen LogP contribution in [0.25, 0.3) is 0 Å². The number of rotatable bonds is 3. The van der Waals surface area contributed by atoms with Gasteiger partial charge in [0.2, 0.25) is 0 Å². The number of hydrogen-bond acceptors (Lipinski definition) is 3. The summed E-state index contributed by atoms with van der Waals surface area (Å²) in [6.07, 6.45) is 1.95. The summed E-state index contributed by atoms with van der Waals surface area (Å²) in [5, 5.41) is 7.60. The number of aliphatic carboxylic acids is 1. The van der Waals surface area contributed by atoms with E-state index in [9.17, 15) is 13.2 Å². The highest BCUT2D eigenvalue weighted by Crippen LogP contribution is 1.78. The fraction of sp³-hybridized carbons (Fsp3) is 0.167. The summed E-state index contributed by atoms with van der Waals surface area (Å²) in [5.41, 5.74) is 0. The third kappa shape index (κ3) is 23.2. The lowest BCUT2D eigenvalue weighted by Crippen LogP contribution is -1.99. The van der Waals surface area contributed by atoms with E-state index >= 15 is 0 Å². The van der Waals surface area contributed by atoms with Crippen LogP contribution in [0.2, 0.25) is 0 Å². The van der Waals surface area contributed by atoms with Crippen molar-refractivity contribution in [3.8, 4) is 0 Å². The van der Waals surface area contributed by atoms with Gasteiger partial charge in [0.05, 0.1) is 5.75 Å². The maximum atomic E-state index is 9.72. The van der Waals surface area contributed by atoms with E-state index in [4.69, 9.17) is 9.66 Å². The highest BCUT2D eigenvalue weighted by molar-refractivity contribution is 7.85. The van der Waals surface area contributed by atoms with E-state index in [2.05, 4.69) is 13.2 Å². The molecule has 0 radical (unpaired) electrons. The second-order valence-electron chi connectivity index (χ2n) is 1.58. The molecule has 0 rings (SSSR count). The van der Waals surface area contributed by atoms with Crippen molar-refractivity contribution in [2.75, 3.05) is 5.75 Å². The van der Waals surface area contributed by atoms with Crippen LogP contribution in [0.4, 0.5) is 0 Å². The van der Waals surface area contributed by atoms with Crippen LogP contribution in [0, 0.1) is 0 Å². The van der Waals surface area contributed by atoms with E-state index in [-0.39, 0.29) is 5.75 Å². The molecule has 2 N–H and O–H groups in total. The van der Waals surface area contributed by atoms with E-state index in [0.717, 1.165) is 12.2 Å². The molecule has 0 saturated carbocycles. The SMILES string of the molecule is C=CC(=O)O.C=CCS(=O)(=O)O. The molecule has 12 heavy (non-hydrogen) atoms. The summed E-state index contributed by atoms with van der Waals surface area (Å²) in [4.78, 5) is 9.25. The van der Waals surface area contributed by atoms with Gasteiger partial charge in [0.1, 0.15) is 0 Å². The maximum absolute atomic E-state index is 9.72. The van der Waals surface area contributed by atoms with E-state index in [0.29, 0.717) is 0 Å². The second kappa shape index (κ2) is 6.56. The van der Waals surface area contributed by atoms with Crippen LogP contribution >= 0.6 is 0 Å². The molecule has 0 aliphatic rings. The van der Waals surface area contributed by atoms with Crippen molar-refractivity contribution in [1.29, 1.82) is 0 Å². The van der Waals surface area contributed by atoms with Crippen LogP contribution in [-0.4, -0.2) is 29.8 Å². The largest absolute Gasteiger partial charge is 0.478 e. The van der Waals surface area contributed by atoms with Gasteiger partial charge in [0.25, 0.3) is 10.1 Å². The third-order valence-corrected chi connectivity index (χ3v) is 1.16. The molecule has 0 fully saturated rings. The van der Waals surface area contributed by atoms with Gasteiger partial charge in [-0.1, -0.05) is 12.7 Å². The van der Waals surface area contributed by atoms with Gasteiger partial charge in [-0.2, -0.15) is 8.42 Å². The summed E-state index contributed by atoms with van der Waals surface area (Å²) in [6, 6.07) is 0. The van der Waals surface area contributed by atoms with Crippen LogP contribution in [-0.2, 0) is 14.9 Å². The van der Waals surface area contributed by atoms with Crippen LogP contribution in [0.15, 0.2) is 25.3 Å². The Morgan fingerprint density at radius 2 is 1.75 bits per heavy atom. The summed E-state index contributed by atoms with van der Waals surface area (Å²) in [6.45, 7) is 6.07. The normalized spacial score (nSPS) is 9.08. The fourth-order valence-corrected chi connectivity index (χ4v) is 0.447. The fourth-order valence-electron chi connectivity index (χ4n) is 0.149. The Morgan fingerprint density at radius 3 is 1.75 bits per heavy atom. The quantitative estimate of drug-likeness (QED) is 0.383. The van der Waals surface area contributed by atoms with Crippen molar-refractivity contribution < 1.29 is 22.9 Å². The monoisotopic (exact) mass is 194 g/mol. The second-order valence-corrected chi connectivity index (χ2v) is 3.08. The van der Waals surface area contributed by atoms with Crippen molar-refractivity contribution in [2.45, 2.75) is 0 Å². The minimum absolute atomic E-state index is 0.368. The van der Waals surface area contributed by atoms with E-state index in [1.54, 1.807) is 0 Å². The molecule has 0 aliphatic heterocycles. The molecule has 0 saturated heterocycles. The Morgan fingerprint density at radius 1 is 1.42 bits per heavy atom. The zero-order valence-electron chi connectivity index (χ0n) is 6.30. The van der Waals surface area contributed by atoms with Crippen molar-refractivity contribution in [3.63, 3.8) is 0 Å². The number of hydrogen-bond donors (Lipinski definition) is 2. The minimum atomic E-state index is -3.79. The topological polar surface area (TPSA) is 91.7 Å². The summed E-state index contributed by atoms with van der Waals surface area (Å²) in [5.74, 6) is -1.35. The van der Waals surface area contributed by atoms with Gasteiger partial charge in [-0.15, -0.1) is 6.58 Å². The first-order valence-electron chi connectivity index (χ1n) is 2.75. The Labute approximate surface area is 70.8 Å². The molecule has 0 aromatic heterocycles. The predicted molar refractivity (Wildman–Crippen MR) is 44.4 cm³/mol. The zero-order chi connectivity index (χ0) is 10.2. The Kier molecular flexibility index (Phi) is 7.36. The first kappa shape index (κ1) is 13.4. The average molecular weight is 194 g/mol. The van der Waals surface area contributed by atoms with Gasteiger partial charge in [-0.05, 0) is 0 Å². The van der Waals surface area contributed by atoms with Crippen LogP contribution in [0.1, 0.15) is 0 Å². The Balaban J connectivity index is 0. The molecule has 0 aromatic carbocycles. The Bertz CT molecular complexity index is 251. The lowest BCUT2D eigenvalue weighted by Gasteiger charge is -1.82. The van der Waals surface area contributed by atoms with Crippen molar-refractivity contribution in [2.24, 2.45) is 0 Å². The highest BCUT2D eigenvalue weighted by atomic mass is 32.2. The maximum Gasteiger partial charge on any atom is 0.327 e. The summed E-state index contributed by atoms with van der Waals surface area (Å²) in [7, 11) is -3.79. The molecule has 0 unspecified atom stereocenters. The van der Waals surface area contributed by atoms with Crippen molar-refractivity contribution in [3.05, 3.63) is 25.3 Å². The molecule has 0 bridgehead atoms. The van der Waals surface area contributed by atoms with Gasteiger partial charge in [0.15, 0.2) is 0 Å². The molecule has 0 spiro atoms. The predicted octanol–water partition coefficient (Wildman–Crippen LogP) is 0.317. The molecule has 5 nitrogen and oxygen atoms in total. The van der Waals surface area contributed by atoms with Gasteiger partial charge < -0.3 is 5.11 Å². The van der Waals surface area contributed by atoms with Crippen molar-refractivity contribution >= 4 is 16.1 Å². The van der Waals surface area contributed by atoms with Crippen molar-refractivity contribution in [1.82, 2.24) is 0 Å². The molecule has 70 valence electrons. The Hall–Kier alpha value is -1.14. The first-order chi connectivity index (χ1) is 5.33. The van der Waals surface area contributed by atoms with E-state index in [1.165, 1.54) is 0 Å². The molecular formula is C6H10O5S. The lowest BCUT2D eigenvalue weighted by molar-refractivity contribution is -0.131. The highest BCUT2D eigenvalue weighted by Gasteiger charge is 1.95. The standard InChI is InChI=1S/C3H6O3S.C3H4O2/c1-2-3-7(4,5)6;1-2-3(4)5/h2H,1,3H2,(H,4,5,6);2H,1H2,(H,4,5). The molecule has 0 aliphatic carbocycles. The van der Waals surface area contributed by atoms with E-state index < -0.39 is 16.1 Å². The summed E-state index contributed by atoms with van der Waals surface area (Å²) < 4.78 is 27.3. The third-order valence-electron chi connectivity index (χ3n) is 0.503. The van der Waals surface area contributed by atoms with Crippen LogP contribution < -0.4 is 0 Å². The smallest absolute Gasteiger partial charge is 0.327 e. The van der Waals surface area contributed by atoms with Crippen LogP contribution in [0.5, 0.6) is 0 Å².